The van der Waals surface area contributed by atoms with Crippen LogP contribution in [0.25, 0.3) is 10.9 Å². The summed E-state index contributed by atoms with van der Waals surface area (Å²) in [6, 6.07) is 9.04. The van der Waals surface area contributed by atoms with E-state index in [0.29, 0.717) is 6.07 Å². The van der Waals surface area contributed by atoms with Crippen LogP contribution in [0.15, 0.2) is 62.5 Å². The van der Waals surface area contributed by atoms with E-state index in [1.54, 1.807) is 0 Å². The van der Waals surface area contributed by atoms with Crippen LogP contribution < -0.4 is 5.32 Å². The smallest absolute Gasteiger partial charge is 0.235 e. The second kappa shape index (κ2) is 8.13. The molecule has 31 heavy (non-hydrogen) atoms. The summed E-state index contributed by atoms with van der Waals surface area (Å²) in [5.74, 6) is -2.18. The van der Waals surface area contributed by atoms with Gasteiger partial charge in [-0.2, -0.15) is 0 Å². The zero-order chi connectivity index (χ0) is 22.3. The number of sulfone groups is 1. The lowest BCUT2D eigenvalue weighted by Gasteiger charge is -2.06. The van der Waals surface area contributed by atoms with Gasteiger partial charge in [-0.1, -0.05) is 39.4 Å². The molecule has 0 aliphatic heterocycles. The lowest BCUT2D eigenvalue weighted by atomic mass is 10.2. The summed E-state index contributed by atoms with van der Waals surface area (Å²) in [5.41, 5.74) is 0.914. The van der Waals surface area contributed by atoms with Gasteiger partial charge in [0.1, 0.15) is 21.5 Å². The van der Waals surface area contributed by atoms with Crippen molar-refractivity contribution in [2.24, 2.45) is 0 Å². The Hall–Kier alpha value is -2.63. The minimum atomic E-state index is -4.23. The first-order chi connectivity index (χ1) is 14.6. The Labute approximate surface area is 188 Å². The van der Waals surface area contributed by atoms with Gasteiger partial charge in [-0.25, -0.2) is 22.2 Å². The predicted octanol–water partition coefficient (Wildman–Crippen LogP) is 4.98. The zero-order valence-electron chi connectivity index (χ0n) is 15.9. The second-order valence-electron chi connectivity index (χ2n) is 6.71. The first kappa shape index (κ1) is 21.6. The van der Waals surface area contributed by atoms with E-state index >= 15 is 0 Å². The average molecular weight is 526 g/mol. The summed E-state index contributed by atoms with van der Waals surface area (Å²) in [5, 5.41) is 2.50. The molecule has 2 aromatic carbocycles. The number of hydrogen-bond donors (Lipinski definition) is 1. The van der Waals surface area contributed by atoms with E-state index < -0.39 is 21.5 Å². The minimum absolute atomic E-state index is 0.106. The van der Waals surface area contributed by atoms with Crippen LogP contribution in [0, 0.1) is 11.6 Å². The highest BCUT2D eigenvalue weighted by molar-refractivity contribution is 9.10. The maximum Gasteiger partial charge on any atom is 0.235 e. The number of fused-ring (bicyclic) bond motifs is 1. The maximum absolute atomic E-state index is 14.7. The molecule has 4 rings (SSSR count). The lowest BCUT2D eigenvalue weighted by molar-refractivity contribution is -0.114. The number of carbonyl (C=O) groups excluding carboxylic acids is 1. The molecule has 4 aromatic rings. The number of anilines is 1. The monoisotopic (exact) mass is 525 g/mol. The number of nitrogens with zero attached hydrogens (tertiary/aromatic N) is 2. The van der Waals surface area contributed by atoms with E-state index in [2.05, 4.69) is 26.2 Å². The number of benzene rings is 2. The van der Waals surface area contributed by atoms with Crippen molar-refractivity contribution in [2.75, 3.05) is 5.32 Å². The van der Waals surface area contributed by atoms with Gasteiger partial charge in [0.15, 0.2) is 0 Å². The van der Waals surface area contributed by atoms with Crippen molar-refractivity contribution in [2.45, 2.75) is 22.7 Å². The van der Waals surface area contributed by atoms with Gasteiger partial charge in [0.05, 0.1) is 17.1 Å². The number of thiazole rings is 1. The van der Waals surface area contributed by atoms with E-state index in [0.717, 1.165) is 27.4 Å². The molecule has 0 unspecified atom stereocenters. The average Bonchev–Trinajstić information content (AvgIpc) is 3.27. The van der Waals surface area contributed by atoms with Crippen molar-refractivity contribution in [3.8, 4) is 0 Å². The van der Waals surface area contributed by atoms with Gasteiger partial charge < -0.3 is 9.88 Å². The Morgan fingerprint density at radius 1 is 1.26 bits per heavy atom. The topological polar surface area (TPSA) is 81.1 Å². The van der Waals surface area contributed by atoms with E-state index in [1.165, 1.54) is 23.9 Å². The molecule has 160 valence electrons. The van der Waals surface area contributed by atoms with Crippen molar-refractivity contribution in [3.63, 3.8) is 0 Å². The molecule has 2 aromatic heterocycles. The molecule has 0 aliphatic carbocycles. The lowest BCUT2D eigenvalue weighted by Crippen LogP contribution is -2.03. The number of carbonyl (C=O) groups is 1. The highest BCUT2D eigenvalue weighted by Crippen LogP contribution is 2.35. The van der Waals surface area contributed by atoms with Gasteiger partial charge in [0, 0.05) is 30.2 Å². The standard InChI is InChI=1S/C20H14BrF2N3O3S2/c1-11(27)25-18-8-24-20(30-18)31(28,29)17-10-26(9-12-3-2-4-13(21)5-12)16-7-14(22)6-15(23)19(16)17/h2-8,10H,9H2,1H3,(H,25,27). The summed E-state index contributed by atoms with van der Waals surface area (Å²) in [6.07, 6.45) is 2.50. The molecule has 0 fully saturated rings. The number of hydrogen-bond acceptors (Lipinski definition) is 5. The van der Waals surface area contributed by atoms with Crippen LogP contribution in [0.3, 0.4) is 0 Å². The van der Waals surface area contributed by atoms with Gasteiger partial charge in [0.25, 0.3) is 0 Å². The first-order valence-electron chi connectivity index (χ1n) is 8.86. The van der Waals surface area contributed by atoms with Crippen LogP contribution in [0.1, 0.15) is 12.5 Å². The Morgan fingerprint density at radius 2 is 2.03 bits per heavy atom. The summed E-state index contributed by atoms with van der Waals surface area (Å²) in [6.45, 7) is 1.48. The Balaban J connectivity index is 1.88. The third kappa shape index (κ3) is 4.25. The van der Waals surface area contributed by atoms with E-state index in [4.69, 9.17) is 0 Å². The second-order valence-corrected chi connectivity index (χ2v) is 10.7. The van der Waals surface area contributed by atoms with Crippen LogP contribution in [0.5, 0.6) is 0 Å². The molecule has 6 nitrogen and oxygen atoms in total. The Morgan fingerprint density at radius 3 is 2.74 bits per heavy atom. The van der Waals surface area contributed by atoms with Crippen LogP contribution in [-0.2, 0) is 21.2 Å². The molecule has 0 saturated carbocycles. The van der Waals surface area contributed by atoms with Gasteiger partial charge >= 0.3 is 0 Å². The summed E-state index contributed by atoms with van der Waals surface area (Å²) in [7, 11) is -4.23. The van der Waals surface area contributed by atoms with Gasteiger partial charge in [-0.15, -0.1) is 0 Å². The van der Waals surface area contributed by atoms with Crippen molar-refractivity contribution in [1.29, 1.82) is 0 Å². The molecule has 0 bridgehead atoms. The molecular weight excluding hydrogens is 512 g/mol. The third-order valence-electron chi connectivity index (χ3n) is 4.41. The number of halogens is 3. The molecule has 0 saturated heterocycles. The van der Waals surface area contributed by atoms with Gasteiger partial charge in [0.2, 0.25) is 20.1 Å². The molecule has 0 spiro atoms. The number of nitrogens with one attached hydrogen (secondary N) is 1. The van der Waals surface area contributed by atoms with E-state index in [-0.39, 0.29) is 37.6 Å². The zero-order valence-corrected chi connectivity index (χ0v) is 19.1. The predicted molar refractivity (Wildman–Crippen MR) is 117 cm³/mol. The van der Waals surface area contributed by atoms with Crippen LogP contribution >= 0.6 is 27.3 Å². The highest BCUT2D eigenvalue weighted by Gasteiger charge is 2.29. The molecule has 0 atom stereocenters. The fourth-order valence-corrected chi connectivity index (χ4v) is 6.31. The Bertz CT molecular complexity index is 1430. The first-order valence-corrected chi connectivity index (χ1v) is 12.0. The van der Waals surface area contributed by atoms with Crippen LogP contribution in [-0.4, -0.2) is 23.9 Å². The fraction of sp³-hybridized carbons (Fsp3) is 0.100. The van der Waals surface area contributed by atoms with Crippen molar-refractivity contribution >= 4 is 58.9 Å². The molecule has 11 heteroatoms. The molecule has 1 N–H and O–H groups in total. The van der Waals surface area contributed by atoms with Crippen LogP contribution in [0.2, 0.25) is 0 Å². The van der Waals surface area contributed by atoms with Gasteiger partial charge in [-0.3, -0.25) is 4.79 Å². The summed E-state index contributed by atoms with van der Waals surface area (Å²) < 4.78 is 57.2. The summed E-state index contributed by atoms with van der Waals surface area (Å²) >= 11 is 4.13. The number of aromatic nitrogens is 2. The normalized spacial score (nSPS) is 11.7. The largest absolute Gasteiger partial charge is 0.342 e. The highest BCUT2D eigenvalue weighted by atomic mass is 79.9. The molecule has 1 amide bonds. The van der Waals surface area contributed by atoms with Crippen molar-refractivity contribution < 1.29 is 22.0 Å². The molecule has 0 aliphatic rings. The van der Waals surface area contributed by atoms with Crippen LogP contribution in [0.4, 0.5) is 13.8 Å². The van der Waals surface area contributed by atoms with Crippen molar-refractivity contribution in [3.05, 3.63) is 70.5 Å². The summed E-state index contributed by atoms with van der Waals surface area (Å²) in [4.78, 5) is 14.8. The third-order valence-corrected chi connectivity index (χ3v) is 7.97. The number of rotatable bonds is 5. The molecular formula is C20H14BrF2N3O3S2. The maximum atomic E-state index is 14.7. The SMILES string of the molecule is CC(=O)Nc1cnc(S(=O)(=O)c2cn(Cc3cccc(Br)c3)c3cc(F)cc(F)c23)s1. The quantitative estimate of drug-likeness (QED) is 0.398. The van der Waals surface area contributed by atoms with E-state index in [9.17, 15) is 22.0 Å². The number of amides is 1. The van der Waals surface area contributed by atoms with Gasteiger partial charge in [-0.05, 0) is 23.8 Å². The van der Waals surface area contributed by atoms with E-state index in [1.807, 2.05) is 24.3 Å². The Kier molecular flexibility index (Phi) is 5.67. The minimum Gasteiger partial charge on any atom is -0.342 e. The molecule has 0 radical (unpaired) electrons. The molecule has 2 heterocycles. The fourth-order valence-electron chi connectivity index (χ4n) is 3.18. The van der Waals surface area contributed by atoms with Crippen molar-refractivity contribution in [1.82, 2.24) is 9.55 Å².